The van der Waals surface area contributed by atoms with Gasteiger partial charge in [-0.05, 0) is 78.7 Å². The number of rotatable bonds is 11. The third kappa shape index (κ3) is 8.73. The molecular weight excluding hydrogens is 873 g/mol. The van der Waals surface area contributed by atoms with Gasteiger partial charge >= 0.3 is 0 Å². The van der Waals surface area contributed by atoms with Crippen molar-refractivity contribution in [2.45, 2.75) is 100 Å². The van der Waals surface area contributed by atoms with Gasteiger partial charge in [0.05, 0.1) is 0 Å². The van der Waals surface area contributed by atoms with E-state index in [2.05, 4.69) is 98.8 Å². The van der Waals surface area contributed by atoms with Gasteiger partial charge in [-0.25, -0.2) is 4.98 Å². The van der Waals surface area contributed by atoms with Crippen LogP contribution in [-0.2, 0) is 44.2 Å². The number of hydrogen-bond acceptors (Lipinski definition) is 5. The van der Waals surface area contributed by atoms with Crippen LogP contribution in [0.1, 0.15) is 97.8 Å². The molecule has 1 aliphatic carbocycles. The second-order valence-corrected chi connectivity index (χ2v) is 16.8. The van der Waals surface area contributed by atoms with Crippen LogP contribution in [0.15, 0.2) is 97.0 Å². The van der Waals surface area contributed by atoms with E-state index in [-0.39, 0.29) is 42.5 Å². The Morgan fingerprint density at radius 1 is 0.855 bits per heavy atom. The first-order valence-corrected chi connectivity index (χ1v) is 20.6. The van der Waals surface area contributed by atoms with Gasteiger partial charge in [0.15, 0.2) is 5.78 Å². The Hall–Kier alpha value is -3.96. The van der Waals surface area contributed by atoms with Crippen LogP contribution in [-0.4, -0.2) is 20.9 Å². The van der Waals surface area contributed by atoms with Gasteiger partial charge in [-0.2, -0.15) is 0 Å². The molecule has 0 amide bonds. The molecule has 0 saturated heterocycles. The Morgan fingerprint density at radius 2 is 1.53 bits per heavy atom. The fourth-order valence-corrected chi connectivity index (χ4v) is 8.70. The third-order valence-corrected chi connectivity index (χ3v) is 13.2. The summed E-state index contributed by atoms with van der Waals surface area (Å²) < 4.78 is 0. The van der Waals surface area contributed by atoms with Crippen molar-refractivity contribution in [3.63, 3.8) is 0 Å². The van der Waals surface area contributed by atoms with Gasteiger partial charge in [-0.1, -0.05) is 139 Å². The van der Waals surface area contributed by atoms with Crippen molar-refractivity contribution in [2.75, 3.05) is 0 Å². The van der Waals surface area contributed by atoms with Crippen LogP contribution in [0.25, 0.3) is 53.8 Å². The Bertz CT molecular complexity index is 2300. The van der Waals surface area contributed by atoms with E-state index in [0.717, 1.165) is 66.4 Å². The van der Waals surface area contributed by atoms with Crippen molar-refractivity contribution in [2.24, 2.45) is 16.7 Å². The van der Waals surface area contributed by atoms with Crippen LogP contribution >= 0.6 is 11.3 Å². The Labute approximate surface area is 345 Å². The van der Waals surface area contributed by atoms with Crippen LogP contribution in [0, 0.1) is 22.8 Å². The van der Waals surface area contributed by atoms with E-state index in [9.17, 15) is 9.90 Å². The second kappa shape index (κ2) is 17.9. The summed E-state index contributed by atoms with van der Waals surface area (Å²) in [5, 5.41) is 13.7. The van der Waals surface area contributed by atoms with Crippen LogP contribution in [0.5, 0.6) is 0 Å². The number of fused-ring (bicyclic) bond motifs is 6. The summed E-state index contributed by atoms with van der Waals surface area (Å²) in [6.07, 6.45) is 9.66. The van der Waals surface area contributed by atoms with Gasteiger partial charge in [0.2, 0.25) is 0 Å². The summed E-state index contributed by atoms with van der Waals surface area (Å²) >= 11 is 1.82. The summed E-state index contributed by atoms with van der Waals surface area (Å²) in [6, 6.07) is 32.2. The Kier molecular flexibility index (Phi) is 13.7. The molecule has 0 unspecified atom stereocenters. The normalized spacial score (nSPS) is 12.9. The number of ketones is 1. The number of allylic oxidation sites excluding steroid dienone is 2. The number of thiophene rings is 1. The fourth-order valence-electron chi connectivity index (χ4n) is 7.46. The molecule has 1 radical (unpaired) electrons. The molecule has 0 spiro atoms. The van der Waals surface area contributed by atoms with Crippen molar-refractivity contribution in [1.82, 2.24) is 9.97 Å². The smallest absolute Gasteiger partial charge is 0.164 e. The average Bonchev–Trinajstić information content (AvgIpc) is 3.59. The second-order valence-electron chi connectivity index (χ2n) is 15.8. The number of benzene rings is 4. The summed E-state index contributed by atoms with van der Waals surface area (Å²) in [5.41, 5.74) is 9.49. The molecular formula is C49H55IrN2O2S-. The van der Waals surface area contributed by atoms with E-state index < -0.39 is 0 Å². The van der Waals surface area contributed by atoms with Gasteiger partial charge in [-0.3, -0.25) is 9.78 Å². The van der Waals surface area contributed by atoms with Crippen LogP contribution < -0.4 is 0 Å². The average molecular weight is 928 g/mol. The number of aliphatic hydroxyl groups is 1. The van der Waals surface area contributed by atoms with Crippen molar-refractivity contribution < 1.29 is 30.0 Å². The molecule has 4 nitrogen and oxygen atoms in total. The van der Waals surface area contributed by atoms with E-state index in [1.54, 1.807) is 6.33 Å². The predicted molar refractivity (Wildman–Crippen MR) is 229 cm³/mol. The molecule has 1 aliphatic rings. The van der Waals surface area contributed by atoms with Crippen molar-refractivity contribution >= 4 is 38.1 Å². The van der Waals surface area contributed by atoms with Gasteiger partial charge in [-0.15, -0.1) is 34.9 Å². The van der Waals surface area contributed by atoms with Gasteiger partial charge < -0.3 is 5.11 Å². The maximum absolute atomic E-state index is 12.2. The van der Waals surface area contributed by atoms with Gasteiger partial charge in [0, 0.05) is 53.0 Å². The van der Waals surface area contributed by atoms with E-state index in [4.69, 9.17) is 9.97 Å². The molecule has 0 atom stereocenters. The molecule has 2 heterocycles. The first kappa shape index (κ1) is 42.2. The van der Waals surface area contributed by atoms with Crippen LogP contribution in [0.4, 0.5) is 0 Å². The van der Waals surface area contributed by atoms with E-state index >= 15 is 0 Å². The topological polar surface area (TPSA) is 63.1 Å². The molecule has 55 heavy (non-hydrogen) atoms. The van der Waals surface area contributed by atoms with Crippen molar-refractivity contribution in [3.8, 4) is 32.8 Å². The quantitative estimate of drug-likeness (QED) is 0.0799. The van der Waals surface area contributed by atoms with Crippen LogP contribution in [0.3, 0.4) is 0 Å². The first-order chi connectivity index (χ1) is 25.9. The zero-order valence-corrected chi connectivity index (χ0v) is 36.9. The number of aromatic nitrogens is 2. The number of hydrogen-bond donors (Lipinski definition) is 1. The molecule has 0 saturated carbocycles. The number of carbonyl (C=O) groups is 1. The van der Waals surface area contributed by atoms with Gasteiger partial charge in [0.25, 0.3) is 0 Å². The molecule has 289 valence electrons. The predicted octanol–water partition coefficient (Wildman–Crippen LogP) is 13.6. The number of aryl methyl sites for hydroxylation is 2. The maximum Gasteiger partial charge on any atom is 0.164 e. The monoisotopic (exact) mass is 928 g/mol. The molecule has 7 rings (SSSR count). The molecule has 4 aromatic carbocycles. The molecule has 6 heteroatoms. The zero-order valence-electron chi connectivity index (χ0n) is 33.7. The van der Waals surface area contributed by atoms with E-state index in [0.29, 0.717) is 5.92 Å². The number of carbonyl (C=O) groups excluding carboxylic acids is 1. The number of nitrogens with zero attached hydrogens (tertiary/aromatic N) is 2. The zero-order chi connectivity index (χ0) is 38.6. The summed E-state index contributed by atoms with van der Waals surface area (Å²) in [6.45, 7) is 16.7. The van der Waals surface area contributed by atoms with E-state index in [1.807, 2.05) is 52.9 Å². The molecule has 6 aromatic rings. The van der Waals surface area contributed by atoms with Crippen molar-refractivity contribution in [1.29, 1.82) is 0 Å². The van der Waals surface area contributed by atoms with Crippen LogP contribution in [0.2, 0.25) is 0 Å². The van der Waals surface area contributed by atoms with Crippen molar-refractivity contribution in [3.05, 3.63) is 120 Å². The molecule has 1 N–H and O–H groups in total. The Morgan fingerprint density at radius 3 is 2.20 bits per heavy atom. The molecule has 0 aliphatic heterocycles. The molecule has 0 bridgehead atoms. The summed E-state index contributed by atoms with van der Waals surface area (Å²) in [7, 11) is 0. The maximum atomic E-state index is 12.2. The summed E-state index contributed by atoms with van der Waals surface area (Å²) in [4.78, 5) is 24.2. The van der Waals surface area contributed by atoms with E-state index in [1.165, 1.54) is 55.1 Å². The van der Waals surface area contributed by atoms with Gasteiger partial charge in [0.1, 0.15) is 16.9 Å². The Balaban J connectivity index is 0.000000276. The SMILES string of the molecule is CC(C)Cc1ccc2c(c1)-c1sc3ncnc(-c4[c-]c5ccccc5c(-c5ccccc5)c4)c3c1CC2.CCC(C)(CC)C(=O)/C=C(\O)C(C)(CC)CC.[Ir]. The minimum Gasteiger partial charge on any atom is -0.512 e. The minimum absolute atomic E-state index is 0. The molecule has 0 fully saturated rings. The standard InChI is InChI=1S/C34H27N2S.C15H28O2.Ir/c1-21(2)16-22-12-13-24-14-15-28-31-32(35-20-36-34(31)37-33(28)30(24)17-22)26-18-25-10-6-7-11-27(25)29(19-26)23-8-4-3-5-9-23;1-7-14(5,8-2)12(16)11-13(17)15(6,9-3)10-4;/h3-13,17,19-21H,14-16H2,1-2H3;11,16H,7-10H2,1-6H3;/q-1;;/b;12-11-;. The fraction of sp³-hybridized carbons (Fsp3) is 0.367. The summed E-state index contributed by atoms with van der Waals surface area (Å²) in [5.74, 6) is 0.928. The third-order valence-electron chi connectivity index (χ3n) is 12.0. The first-order valence-electron chi connectivity index (χ1n) is 19.8. The molecule has 2 aromatic heterocycles. The number of aliphatic hydroxyl groups excluding tert-OH is 1. The largest absolute Gasteiger partial charge is 0.512 e. The minimum atomic E-state index is -0.337.